The van der Waals surface area contributed by atoms with Gasteiger partial charge in [0.05, 0.1) is 11.4 Å². The summed E-state index contributed by atoms with van der Waals surface area (Å²) >= 11 is 0. The molecule has 0 radical (unpaired) electrons. The summed E-state index contributed by atoms with van der Waals surface area (Å²) in [5, 5.41) is 8.12. The second-order valence-corrected chi connectivity index (χ2v) is 5.99. The SMILES string of the molecule is CCC1(CC)CNC(C)CN1Cc1cc(C)nn1C. The van der Waals surface area contributed by atoms with Gasteiger partial charge in [-0.15, -0.1) is 0 Å². The van der Waals surface area contributed by atoms with Gasteiger partial charge in [0.15, 0.2) is 0 Å². The third-order valence-corrected chi connectivity index (χ3v) is 4.71. The van der Waals surface area contributed by atoms with E-state index in [0.717, 1.165) is 25.3 Å². The van der Waals surface area contributed by atoms with E-state index in [1.807, 2.05) is 11.7 Å². The zero-order valence-corrected chi connectivity index (χ0v) is 13.0. The molecule has 2 heterocycles. The molecule has 4 nitrogen and oxygen atoms in total. The highest BCUT2D eigenvalue weighted by molar-refractivity contribution is 5.10. The van der Waals surface area contributed by atoms with Gasteiger partial charge in [-0.1, -0.05) is 13.8 Å². The van der Waals surface area contributed by atoms with E-state index in [-0.39, 0.29) is 0 Å². The number of aryl methyl sites for hydroxylation is 2. The van der Waals surface area contributed by atoms with Crippen LogP contribution in [0.25, 0.3) is 0 Å². The average molecular weight is 264 g/mol. The van der Waals surface area contributed by atoms with Crippen LogP contribution in [0.5, 0.6) is 0 Å². The number of nitrogens with one attached hydrogen (secondary N) is 1. The number of hydrogen-bond donors (Lipinski definition) is 1. The minimum atomic E-state index is 0.296. The van der Waals surface area contributed by atoms with E-state index in [1.54, 1.807) is 0 Å². The predicted octanol–water partition coefficient (Wildman–Crippen LogP) is 2.08. The van der Waals surface area contributed by atoms with Crippen molar-refractivity contribution in [3.63, 3.8) is 0 Å². The smallest absolute Gasteiger partial charge is 0.0597 e. The molecule has 0 aromatic carbocycles. The third-order valence-electron chi connectivity index (χ3n) is 4.71. The van der Waals surface area contributed by atoms with E-state index >= 15 is 0 Å². The maximum Gasteiger partial charge on any atom is 0.0597 e. The molecule has 1 N–H and O–H groups in total. The number of nitrogens with zero attached hydrogens (tertiary/aromatic N) is 3. The molecule has 1 aromatic rings. The Kier molecular flexibility index (Phi) is 4.31. The lowest BCUT2D eigenvalue weighted by molar-refractivity contribution is 0.0259. The molecule has 1 atom stereocenters. The second kappa shape index (κ2) is 5.63. The molecule has 1 aliphatic heterocycles. The molecular weight excluding hydrogens is 236 g/mol. The minimum Gasteiger partial charge on any atom is -0.311 e. The molecule has 4 heteroatoms. The molecule has 108 valence electrons. The van der Waals surface area contributed by atoms with E-state index < -0.39 is 0 Å². The van der Waals surface area contributed by atoms with Crippen LogP contribution in [0.15, 0.2) is 6.07 Å². The Bertz CT molecular complexity index is 420. The van der Waals surface area contributed by atoms with E-state index in [2.05, 4.69) is 49.1 Å². The number of hydrogen-bond acceptors (Lipinski definition) is 3. The van der Waals surface area contributed by atoms with Gasteiger partial charge < -0.3 is 5.32 Å². The first kappa shape index (κ1) is 14.5. The quantitative estimate of drug-likeness (QED) is 0.904. The fourth-order valence-corrected chi connectivity index (χ4v) is 3.25. The normalized spacial score (nSPS) is 23.7. The largest absolute Gasteiger partial charge is 0.311 e. The van der Waals surface area contributed by atoms with E-state index in [1.165, 1.54) is 18.5 Å². The van der Waals surface area contributed by atoms with Gasteiger partial charge in [-0.25, -0.2) is 0 Å². The lowest BCUT2D eigenvalue weighted by Gasteiger charge is -2.49. The van der Waals surface area contributed by atoms with Crippen LogP contribution < -0.4 is 5.32 Å². The molecule has 1 aliphatic rings. The van der Waals surface area contributed by atoms with Crippen molar-refractivity contribution in [3.05, 3.63) is 17.5 Å². The highest BCUT2D eigenvalue weighted by Gasteiger charge is 2.37. The molecule has 19 heavy (non-hydrogen) atoms. The third kappa shape index (κ3) is 2.84. The van der Waals surface area contributed by atoms with Crippen LogP contribution in [0.4, 0.5) is 0 Å². The average Bonchev–Trinajstić information content (AvgIpc) is 2.69. The summed E-state index contributed by atoms with van der Waals surface area (Å²) in [5.41, 5.74) is 2.72. The fourth-order valence-electron chi connectivity index (χ4n) is 3.25. The van der Waals surface area contributed by atoms with Crippen LogP contribution >= 0.6 is 0 Å². The summed E-state index contributed by atoms with van der Waals surface area (Å²) in [4.78, 5) is 2.66. The molecular formula is C15H28N4. The first-order chi connectivity index (χ1) is 9.00. The van der Waals surface area contributed by atoms with E-state index in [9.17, 15) is 0 Å². The maximum atomic E-state index is 4.47. The molecule has 1 saturated heterocycles. The van der Waals surface area contributed by atoms with Crippen molar-refractivity contribution in [2.24, 2.45) is 7.05 Å². The van der Waals surface area contributed by atoms with Crippen molar-refractivity contribution in [3.8, 4) is 0 Å². The van der Waals surface area contributed by atoms with Crippen LogP contribution in [0.3, 0.4) is 0 Å². The monoisotopic (exact) mass is 264 g/mol. The lowest BCUT2D eigenvalue weighted by atomic mass is 9.87. The molecule has 1 unspecified atom stereocenters. The second-order valence-electron chi connectivity index (χ2n) is 5.99. The summed E-state index contributed by atoms with van der Waals surface area (Å²) in [6.07, 6.45) is 2.39. The number of rotatable bonds is 4. The lowest BCUT2D eigenvalue weighted by Crippen LogP contribution is -2.63. The molecule has 0 spiro atoms. The first-order valence-electron chi connectivity index (χ1n) is 7.48. The van der Waals surface area contributed by atoms with Gasteiger partial charge in [-0.3, -0.25) is 9.58 Å². The van der Waals surface area contributed by atoms with Crippen LogP contribution in [0.1, 0.15) is 45.0 Å². The summed E-state index contributed by atoms with van der Waals surface area (Å²) in [6, 6.07) is 2.78. The predicted molar refractivity (Wildman–Crippen MR) is 79.1 cm³/mol. The van der Waals surface area contributed by atoms with Crippen molar-refractivity contribution in [2.45, 2.75) is 58.7 Å². The van der Waals surface area contributed by atoms with E-state index in [0.29, 0.717) is 11.6 Å². The zero-order valence-electron chi connectivity index (χ0n) is 13.0. The van der Waals surface area contributed by atoms with Crippen molar-refractivity contribution in [1.29, 1.82) is 0 Å². The van der Waals surface area contributed by atoms with Gasteiger partial charge in [0.25, 0.3) is 0 Å². The van der Waals surface area contributed by atoms with Gasteiger partial charge in [-0.2, -0.15) is 5.10 Å². The maximum absolute atomic E-state index is 4.47. The molecule has 2 rings (SSSR count). The van der Waals surface area contributed by atoms with Crippen LogP contribution in [0, 0.1) is 6.92 Å². The van der Waals surface area contributed by atoms with Crippen molar-refractivity contribution >= 4 is 0 Å². The summed E-state index contributed by atoms with van der Waals surface area (Å²) in [5.74, 6) is 0. The topological polar surface area (TPSA) is 33.1 Å². The highest BCUT2D eigenvalue weighted by Crippen LogP contribution is 2.28. The summed E-state index contributed by atoms with van der Waals surface area (Å²) in [7, 11) is 2.05. The molecule has 0 saturated carbocycles. The zero-order chi connectivity index (χ0) is 14.0. The van der Waals surface area contributed by atoms with Gasteiger partial charge in [0, 0.05) is 38.3 Å². The van der Waals surface area contributed by atoms with Gasteiger partial charge in [0.1, 0.15) is 0 Å². The van der Waals surface area contributed by atoms with Crippen molar-refractivity contribution in [1.82, 2.24) is 20.0 Å². The standard InChI is InChI=1S/C15H28N4/c1-6-15(7-2)11-16-13(4)9-19(15)10-14-8-12(3)17-18(14)5/h8,13,16H,6-7,9-11H2,1-5H3. The number of aromatic nitrogens is 2. The Morgan fingerprint density at radius 1 is 1.42 bits per heavy atom. The summed E-state index contributed by atoms with van der Waals surface area (Å²) in [6.45, 7) is 12.2. The van der Waals surface area contributed by atoms with Crippen LogP contribution in [-0.2, 0) is 13.6 Å². The Hall–Kier alpha value is -0.870. The molecule has 1 fully saturated rings. The minimum absolute atomic E-state index is 0.296. The fraction of sp³-hybridized carbons (Fsp3) is 0.800. The molecule has 0 amide bonds. The Morgan fingerprint density at radius 2 is 2.11 bits per heavy atom. The first-order valence-corrected chi connectivity index (χ1v) is 7.48. The molecule has 0 aliphatic carbocycles. The molecule has 1 aromatic heterocycles. The van der Waals surface area contributed by atoms with Crippen molar-refractivity contribution < 1.29 is 0 Å². The Balaban J connectivity index is 2.21. The Labute approximate surface area is 117 Å². The molecule has 0 bridgehead atoms. The van der Waals surface area contributed by atoms with Gasteiger partial charge in [-0.05, 0) is 32.8 Å². The highest BCUT2D eigenvalue weighted by atomic mass is 15.3. The Morgan fingerprint density at radius 3 is 2.63 bits per heavy atom. The van der Waals surface area contributed by atoms with Gasteiger partial charge >= 0.3 is 0 Å². The van der Waals surface area contributed by atoms with Crippen LogP contribution in [-0.4, -0.2) is 39.4 Å². The van der Waals surface area contributed by atoms with Gasteiger partial charge in [0.2, 0.25) is 0 Å². The summed E-state index contributed by atoms with van der Waals surface area (Å²) < 4.78 is 2.03. The van der Waals surface area contributed by atoms with E-state index in [4.69, 9.17) is 0 Å². The number of piperazine rings is 1. The van der Waals surface area contributed by atoms with Crippen molar-refractivity contribution in [2.75, 3.05) is 13.1 Å². The van der Waals surface area contributed by atoms with Crippen LogP contribution in [0.2, 0.25) is 0 Å².